The Kier molecular flexibility index (Phi) is 6.27. The minimum Gasteiger partial charge on any atom is -0.355 e. The number of pyridine rings is 1. The molecule has 9 heteroatoms. The van der Waals surface area contributed by atoms with E-state index in [0.29, 0.717) is 31.7 Å². The monoisotopic (exact) mass is 354 g/mol. The van der Waals surface area contributed by atoms with Crippen molar-refractivity contribution in [3.63, 3.8) is 0 Å². The van der Waals surface area contributed by atoms with Crippen LogP contribution in [0.25, 0.3) is 0 Å². The van der Waals surface area contributed by atoms with E-state index in [1.807, 2.05) is 0 Å². The lowest BCUT2D eigenvalue weighted by atomic mass is 9.97. The first-order chi connectivity index (χ1) is 11.4. The first-order valence-electron chi connectivity index (χ1n) is 7.80. The van der Waals surface area contributed by atoms with Gasteiger partial charge in [-0.05, 0) is 25.0 Å². The van der Waals surface area contributed by atoms with Gasteiger partial charge in [0.25, 0.3) is 0 Å². The highest BCUT2D eigenvalue weighted by atomic mass is 32.2. The van der Waals surface area contributed by atoms with E-state index in [4.69, 9.17) is 0 Å². The first-order valence-corrected chi connectivity index (χ1v) is 9.65. The van der Waals surface area contributed by atoms with Gasteiger partial charge in [-0.3, -0.25) is 9.59 Å². The van der Waals surface area contributed by atoms with Gasteiger partial charge in [-0.15, -0.1) is 0 Å². The molecule has 1 aromatic rings. The molecule has 0 radical (unpaired) electrons. The van der Waals surface area contributed by atoms with Crippen LogP contribution in [0.4, 0.5) is 5.82 Å². The molecule has 0 atom stereocenters. The molecule has 1 aliphatic rings. The van der Waals surface area contributed by atoms with Gasteiger partial charge in [0.15, 0.2) is 0 Å². The highest BCUT2D eigenvalue weighted by molar-refractivity contribution is 7.88. The Bertz CT molecular complexity index is 670. The highest BCUT2D eigenvalue weighted by Gasteiger charge is 2.28. The van der Waals surface area contributed by atoms with Crippen molar-refractivity contribution in [2.75, 3.05) is 31.2 Å². The number of anilines is 1. The molecular formula is C15H22N4O4S. The van der Waals surface area contributed by atoms with Crippen LogP contribution < -0.4 is 10.6 Å². The molecule has 2 N–H and O–H groups in total. The summed E-state index contributed by atoms with van der Waals surface area (Å²) in [7, 11) is -3.19. The van der Waals surface area contributed by atoms with E-state index in [2.05, 4.69) is 15.6 Å². The predicted octanol–water partition coefficient (Wildman–Crippen LogP) is 0.198. The fraction of sp³-hybridized carbons (Fsp3) is 0.533. The second-order valence-corrected chi connectivity index (χ2v) is 7.72. The molecular weight excluding hydrogens is 332 g/mol. The number of nitrogens with zero attached hydrogens (tertiary/aromatic N) is 2. The van der Waals surface area contributed by atoms with E-state index in [9.17, 15) is 18.0 Å². The van der Waals surface area contributed by atoms with Gasteiger partial charge in [0.2, 0.25) is 21.8 Å². The number of amides is 2. The van der Waals surface area contributed by atoms with E-state index in [0.717, 1.165) is 0 Å². The third-order valence-electron chi connectivity index (χ3n) is 3.88. The van der Waals surface area contributed by atoms with Crippen molar-refractivity contribution >= 4 is 27.7 Å². The van der Waals surface area contributed by atoms with Gasteiger partial charge in [-0.1, -0.05) is 6.07 Å². The topological polar surface area (TPSA) is 108 Å². The number of hydrogen-bond acceptors (Lipinski definition) is 5. The van der Waals surface area contributed by atoms with Crippen molar-refractivity contribution in [2.45, 2.75) is 19.3 Å². The van der Waals surface area contributed by atoms with Crippen LogP contribution in [0.3, 0.4) is 0 Å². The van der Waals surface area contributed by atoms with Gasteiger partial charge in [-0.2, -0.15) is 0 Å². The van der Waals surface area contributed by atoms with E-state index in [1.54, 1.807) is 24.4 Å². The summed E-state index contributed by atoms with van der Waals surface area (Å²) in [5.41, 5.74) is 0. The predicted molar refractivity (Wildman–Crippen MR) is 89.6 cm³/mol. The third-order valence-corrected chi connectivity index (χ3v) is 5.18. The Balaban J connectivity index is 1.68. The maximum absolute atomic E-state index is 12.1. The van der Waals surface area contributed by atoms with Crippen molar-refractivity contribution in [1.82, 2.24) is 14.6 Å². The minimum atomic E-state index is -3.19. The van der Waals surface area contributed by atoms with Crippen LogP contribution in [0.15, 0.2) is 24.4 Å². The molecule has 0 spiro atoms. The van der Waals surface area contributed by atoms with E-state index < -0.39 is 10.0 Å². The number of carbonyl (C=O) groups excluding carboxylic acids is 2. The average molecular weight is 354 g/mol. The molecule has 0 aromatic carbocycles. The minimum absolute atomic E-state index is 0.131. The standard InChI is InChI=1S/C15H22N4O4S/c1-24(22,23)19-10-6-12(7-11-19)15(21)17-9-5-14(20)18-13-4-2-3-8-16-13/h2-4,8,12H,5-7,9-11H2,1H3,(H,17,21)(H,16,18,20). The van der Waals surface area contributed by atoms with Crippen LogP contribution >= 0.6 is 0 Å². The van der Waals surface area contributed by atoms with Gasteiger partial charge in [0, 0.05) is 38.2 Å². The second-order valence-electron chi connectivity index (χ2n) is 5.74. The number of nitrogens with one attached hydrogen (secondary N) is 2. The van der Waals surface area contributed by atoms with Gasteiger partial charge >= 0.3 is 0 Å². The van der Waals surface area contributed by atoms with Crippen LogP contribution in [-0.4, -0.2) is 55.4 Å². The number of aromatic nitrogens is 1. The molecule has 2 amide bonds. The summed E-state index contributed by atoms with van der Waals surface area (Å²) in [4.78, 5) is 27.8. The number of piperidine rings is 1. The smallest absolute Gasteiger partial charge is 0.227 e. The summed E-state index contributed by atoms with van der Waals surface area (Å²) < 4.78 is 24.3. The van der Waals surface area contributed by atoms with Crippen LogP contribution in [0.5, 0.6) is 0 Å². The molecule has 8 nitrogen and oxygen atoms in total. The van der Waals surface area contributed by atoms with Crippen LogP contribution in [-0.2, 0) is 19.6 Å². The second kappa shape index (κ2) is 8.20. The van der Waals surface area contributed by atoms with Crippen molar-refractivity contribution < 1.29 is 18.0 Å². The Labute approximate surface area is 141 Å². The third kappa shape index (κ3) is 5.57. The molecule has 0 unspecified atom stereocenters. The maximum atomic E-state index is 12.1. The van der Waals surface area contributed by atoms with Crippen LogP contribution in [0, 0.1) is 5.92 Å². The molecule has 24 heavy (non-hydrogen) atoms. The number of rotatable bonds is 6. The van der Waals surface area contributed by atoms with Gasteiger partial charge in [0.1, 0.15) is 5.82 Å². The lowest BCUT2D eigenvalue weighted by molar-refractivity contribution is -0.126. The zero-order valence-corrected chi connectivity index (χ0v) is 14.4. The highest BCUT2D eigenvalue weighted by Crippen LogP contribution is 2.19. The maximum Gasteiger partial charge on any atom is 0.227 e. The molecule has 0 saturated carbocycles. The first kappa shape index (κ1) is 18.3. The van der Waals surface area contributed by atoms with Crippen LogP contribution in [0.2, 0.25) is 0 Å². The largest absolute Gasteiger partial charge is 0.355 e. The van der Waals surface area contributed by atoms with Crippen molar-refractivity contribution in [1.29, 1.82) is 0 Å². The fourth-order valence-electron chi connectivity index (χ4n) is 2.54. The van der Waals surface area contributed by atoms with E-state index in [1.165, 1.54) is 10.6 Å². The number of carbonyl (C=O) groups is 2. The summed E-state index contributed by atoms with van der Waals surface area (Å²) in [6.45, 7) is 0.956. The van der Waals surface area contributed by atoms with Crippen LogP contribution in [0.1, 0.15) is 19.3 Å². The quantitative estimate of drug-likeness (QED) is 0.758. The summed E-state index contributed by atoms with van der Waals surface area (Å²) in [6, 6.07) is 5.21. The van der Waals surface area contributed by atoms with Crippen molar-refractivity contribution in [3.05, 3.63) is 24.4 Å². The summed E-state index contributed by atoms with van der Waals surface area (Å²) in [6.07, 6.45) is 3.91. The zero-order valence-electron chi connectivity index (χ0n) is 13.6. The zero-order chi connectivity index (χ0) is 17.6. The Hall–Kier alpha value is -2.00. The molecule has 2 rings (SSSR count). The molecule has 1 aromatic heterocycles. The Morgan fingerprint density at radius 2 is 2.00 bits per heavy atom. The van der Waals surface area contributed by atoms with Gasteiger partial charge in [0.05, 0.1) is 6.26 Å². The molecule has 132 valence electrons. The van der Waals surface area contributed by atoms with Crippen molar-refractivity contribution in [2.24, 2.45) is 5.92 Å². The number of hydrogen-bond donors (Lipinski definition) is 2. The van der Waals surface area contributed by atoms with Crippen molar-refractivity contribution in [3.8, 4) is 0 Å². The molecule has 1 saturated heterocycles. The SMILES string of the molecule is CS(=O)(=O)N1CCC(C(=O)NCCC(=O)Nc2ccccn2)CC1. The van der Waals surface area contributed by atoms with E-state index >= 15 is 0 Å². The lowest BCUT2D eigenvalue weighted by Crippen LogP contribution is -2.43. The lowest BCUT2D eigenvalue weighted by Gasteiger charge is -2.29. The molecule has 0 aliphatic carbocycles. The fourth-order valence-corrected chi connectivity index (χ4v) is 3.41. The Morgan fingerprint density at radius 1 is 1.29 bits per heavy atom. The van der Waals surface area contributed by atoms with Gasteiger partial charge in [-0.25, -0.2) is 17.7 Å². The normalized spacial score (nSPS) is 16.5. The summed E-state index contributed by atoms with van der Waals surface area (Å²) >= 11 is 0. The summed E-state index contributed by atoms with van der Waals surface area (Å²) in [5.74, 6) is -0.0847. The molecule has 1 aliphatic heterocycles. The molecule has 2 heterocycles. The Morgan fingerprint density at radius 3 is 2.58 bits per heavy atom. The molecule has 0 bridgehead atoms. The van der Waals surface area contributed by atoms with Gasteiger partial charge < -0.3 is 10.6 Å². The molecule has 1 fully saturated rings. The average Bonchev–Trinajstić information content (AvgIpc) is 2.55. The number of sulfonamides is 1. The van der Waals surface area contributed by atoms with E-state index in [-0.39, 0.29) is 30.7 Å². The summed E-state index contributed by atoms with van der Waals surface area (Å²) in [5, 5.41) is 5.38.